The second kappa shape index (κ2) is 11.5. The summed E-state index contributed by atoms with van der Waals surface area (Å²) < 4.78 is 5.09. The van der Waals surface area contributed by atoms with Gasteiger partial charge in [-0.05, 0) is 59.3 Å². The molecule has 0 bridgehead atoms. The molecule has 40 heavy (non-hydrogen) atoms. The molecule has 5 rings (SSSR count). The van der Waals surface area contributed by atoms with Crippen molar-refractivity contribution in [3.63, 3.8) is 0 Å². The molecule has 0 aliphatic carbocycles. The number of imide groups is 1. The van der Waals surface area contributed by atoms with Crippen LogP contribution in [0.4, 0.5) is 5.69 Å². The molecule has 200 valence electrons. The molecule has 0 radical (unpaired) electrons. The number of hydrogen-bond acceptors (Lipinski definition) is 7. The summed E-state index contributed by atoms with van der Waals surface area (Å²) in [5.74, 6) is -2.66. The zero-order chi connectivity index (χ0) is 28.2. The topological polar surface area (TPSA) is 122 Å². The molecule has 2 N–H and O–H groups in total. The van der Waals surface area contributed by atoms with Gasteiger partial charge >= 0.3 is 5.97 Å². The number of carbonyl (C=O) groups excluding carboxylic acids is 5. The Kier molecular flexibility index (Phi) is 7.68. The number of nitrogens with one attached hydrogen (secondary N) is 2. The Balaban J connectivity index is 1.17. The molecule has 1 fully saturated rings. The minimum Gasteiger partial charge on any atom is -0.454 e. The minimum absolute atomic E-state index is 0.132. The van der Waals surface area contributed by atoms with Crippen LogP contribution in [0.25, 0.3) is 10.8 Å². The maximum atomic E-state index is 13.0. The Morgan fingerprint density at radius 2 is 1.52 bits per heavy atom. The standard InChI is InChI=1S/C30H22ClN3O6/c31-24-8-4-3-7-23(24)26(35)17-40-30(39)19-11-13-22(14-12-19)34-27(36)16-25(29(34)38)32-33-28(37)21-10-9-18-5-1-2-6-20(18)15-21/h1-15,25,32H,16-17H2,(H,33,37). The monoisotopic (exact) mass is 555 g/mol. The van der Waals surface area contributed by atoms with Crippen LogP contribution in [0, 0.1) is 0 Å². The van der Waals surface area contributed by atoms with E-state index in [2.05, 4.69) is 10.9 Å². The van der Waals surface area contributed by atoms with Gasteiger partial charge in [0.2, 0.25) is 11.7 Å². The molecule has 3 amide bonds. The normalized spacial score (nSPS) is 14.8. The fourth-order valence-electron chi connectivity index (χ4n) is 4.30. The number of ketones is 1. The van der Waals surface area contributed by atoms with Gasteiger partial charge in [0, 0.05) is 11.1 Å². The van der Waals surface area contributed by atoms with Crippen LogP contribution in [0.2, 0.25) is 5.02 Å². The number of benzene rings is 4. The summed E-state index contributed by atoms with van der Waals surface area (Å²) in [7, 11) is 0. The molecule has 0 aromatic heterocycles. The summed E-state index contributed by atoms with van der Waals surface area (Å²) in [5, 5.41) is 2.14. The number of anilines is 1. The van der Waals surface area contributed by atoms with Gasteiger partial charge in [0.15, 0.2) is 6.61 Å². The second-order valence-corrected chi connectivity index (χ2v) is 9.42. The van der Waals surface area contributed by atoms with E-state index in [-0.39, 0.29) is 28.3 Å². The highest BCUT2D eigenvalue weighted by molar-refractivity contribution is 6.34. The number of amides is 3. The summed E-state index contributed by atoms with van der Waals surface area (Å²) >= 11 is 6.00. The molecule has 0 saturated carbocycles. The SMILES string of the molecule is O=C(NNC1CC(=O)N(c2ccc(C(=O)OCC(=O)c3ccccc3Cl)cc2)C1=O)c1ccc2ccccc2c1. The second-order valence-electron chi connectivity index (χ2n) is 9.01. The third kappa shape index (κ3) is 5.61. The molecule has 1 saturated heterocycles. The van der Waals surface area contributed by atoms with Crippen molar-refractivity contribution >= 4 is 57.5 Å². The van der Waals surface area contributed by atoms with Crippen molar-refractivity contribution in [1.82, 2.24) is 10.9 Å². The molecule has 1 unspecified atom stereocenters. The average Bonchev–Trinajstić information content (AvgIpc) is 3.26. The number of halogens is 1. The number of hydrogen-bond donors (Lipinski definition) is 2. The van der Waals surface area contributed by atoms with Gasteiger partial charge in [0.25, 0.3) is 11.8 Å². The first-order valence-corrected chi connectivity index (χ1v) is 12.7. The number of ether oxygens (including phenoxy) is 1. The predicted octanol–water partition coefficient (Wildman–Crippen LogP) is 4.10. The number of hydrazine groups is 1. The third-order valence-electron chi connectivity index (χ3n) is 6.39. The molecule has 1 heterocycles. The molecule has 0 spiro atoms. The summed E-state index contributed by atoms with van der Waals surface area (Å²) in [5.41, 5.74) is 6.19. The molecular weight excluding hydrogens is 534 g/mol. The van der Waals surface area contributed by atoms with Crippen molar-refractivity contribution in [2.75, 3.05) is 11.5 Å². The maximum Gasteiger partial charge on any atom is 0.338 e. The van der Waals surface area contributed by atoms with Crippen LogP contribution in [0.5, 0.6) is 0 Å². The maximum absolute atomic E-state index is 13.0. The lowest BCUT2D eigenvalue weighted by molar-refractivity contribution is -0.121. The van der Waals surface area contributed by atoms with E-state index in [1.54, 1.807) is 30.3 Å². The van der Waals surface area contributed by atoms with Crippen LogP contribution in [-0.2, 0) is 14.3 Å². The molecule has 1 aliphatic heterocycles. The Bertz CT molecular complexity index is 1650. The Morgan fingerprint density at radius 3 is 2.27 bits per heavy atom. The van der Waals surface area contributed by atoms with Gasteiger partial charge in [-0.3, -0.25) is 24.6 Å². The van der Waals surface area contributed by atoms with Gasteiger partial charge in [0.1, 0.15) is 6.04 Å². The van der Waals surface area contributed by atoms with Gasteiger partial charge < -0.3 is 4.74 Å². The van der Waals surface area contributed by atoms with E-state index in [9.17, 15) is 24.0 Å². The molecule has 1 atom stereocenters. The smallest absolute Gasteiger partial charge is 0.338 e. The quantitative estimate of drug-likeness (QED) is 0.145. The Labute approximate surface area is 233 Å². The van der Waals surface area contributed by atoms with Crippen LogP contribution >= 0.6 is 11.6 Å². The molecule has 1 aliphatic rings. The zero-order valence-electron chi connectivity index (χ0n) is 20.9. The van der Waals surface area contributed by atoms with Crippen molar-refractivity contribution in [2.45, 2.75) is 12.5 Å². The Morgan fingerprint density at radius 1 is 0.850 bits per heavy atom. The first-order chi connectivity index (χ1) is 19.3. The fraction of sp³-hybridized carbons (Fsp3) is 0.100. The highest BCUT2D eigenvalue weighted by atomic mass is 35.5. The van der Waals surface area contributed by atoms with Crippen molar-refractivity contribution in [3.05, 3.63) is 113 Å². The van der Waals surface area contributed by atoms with Gasteiger partial charge in [-0.1, -0.05) is 54.1 Å². The van der Waals surface area contributed by atoms with Crippen LogP contribution in [0.1, 0.15) is 37.5 Å². The van der Waals surface area contributed by atoms with Crippen LogP contribution in [-0.4, -0.2) is 42.1 Å². The first kappa shape index (κ1) is 26.7. The van der Waals surface area contributed by atoms with Gasteiger partial charge in [-0.15, -0.1) is 0 Å². The van der Waals surface area contributed by atoms with E-state index in [0.29, 0.717) is 5.56 Å². The summed E-state index contributed by atoms with van der Waals surface area (Å²) in [6.45, 7) is -0.494. The highest BCUT2D eigenvalue weighted by Crippen LogP contribution is 2.24. The number of fused-ring (bicyclic) bond motifs is 1. The molecule has 9 nitrogen and oxygen atoms in total. The molecular formula is C30H22ClN3O6. The number of Topliss-reactive ketones (excluding diaryl/α,β-unsaturated/α-hetero) is 1. The minimum atomic E-state index is -0.961. The highest BCUT2D eigenvalue weighted by Gasteiger charge is 2.39. The van der Waals surface area contributed by atoms with E-state index in [1.807, 2.05) is 30.3 Å². The molecule has 4 aromatic carbocycles. The van der Waals surface area contributed by atoms with E-state index < -0.39 is 42.1 Å². The number of esters is 1. The van der Waals surface area contributed by atoms with Crippen LogP contribution < -0.4 is 15.8 Å². The number of rotatable bonds is 8. The molecule has 10 heteroatoms. The van der Waals surface area contributed by atoms with Crippen molar-refractivity contribution in [1.29, 1.82) is 0 Å². The van der Waals surface area contributed by atoms with E-state index in [0.717, 1.165) is 15.7 Å². The van der Waals surface area contributed by atoms with Gasteiger partial charge in [-0.2, -0.15) is 0 Å². The largest absolute Gasteiger partial charge is 0.454 e. The van der Waals surface area contributed by atoms with E-state index in [1.165, 1.54) is 30.3 Å². The predicted molar refractivity (Wildman–Crippen MR) is 148 cm³/mol. The molecule has 4 aromatic rings. The summed E-state index contributed by atoms with van der Waals surface area (Å²) in [6.07, 6.45) is -0.162. The van der Waals surface area contributed by atoms with Crippen molar-refractivity contribution < 1.29 is 28.7 Å². The Hall–Kier alpha value is -4.86. The van der Waals surface area contributed by atoms with Crippen molar-refractivity contribution in [3.8, 4) is 0 Å². The number of nitrogens with zero attached hydrogens (tertiary/aromatic N) is 1. The third-order valence-corrected chi connectivity index (χ3v) is 6.72. The summed E-state index contributed by atoms with van der Waals surface area (Å²) in [6, 6.07) is 24.0. The lowest BCUT2D eigenvalue weighted by Crippen LogP contribution is -2.48. The average molecular weight is 556 g/mol. The zero-order valence-corrected chi connectivity index (χ0v) is 21.7. The lowest BCUT2D eigenvalue weighted by Gasteiger charge is -2.16. The fourth-order valence-corrected chi connectivity index (χ4v) is 4.54. The van der Waals surface area contributed by atoms with Gasteiger partial charge in [0.05, 0.1) is 22.7 Å². The van der Waals surface area contributed by atoms with E-state index in [4.69, 9.17) is 16.3 Å². The van der Waals surface area contributed by atoms with Crippen molar-refractivity contribution in [2.24, 2.45) is 0 Å². The first-order valence-electron chi connectivity index (χ1n) is 12.3. The number of carbonyl (C=O) groups is 5. The van der Waals surface area contributed by atoms with Crippen LogP contribution in [0.15, 0.2) is 91.0 Å². The summed E-state index contributed by atoms with van der Waals surface area (Å²) in [4.78, 5) is 63.9. The lowest BCUT2D eigenvalue weighted by atomic mass is 10.1. The van der Waals surface area contributed by atoms with Crippen LogP contribution in [0.3, 0.4) is 0 Å². The van der Waals surface area contributed by atoms with E-state index >= 15 is 0 Å². The van der Waals surface area contributed by atoms with Gasteiger partial charge in [-0.25, -0.2) is 15.1 Å².